The van der Waals surface area contributed by atoms with E-state index in [0.29, 0.717) is 0 Å². The van der Waals surface area contributed by atoms with Crippen molar-refractivity contribution in [2.24, 2.45) is 5.92 Å². The topological polar surface area (TPSA) is 55.1 Å². The van der Waals surface area contributed by atoms with Crippen molar-refractivity contribution >= 4 is 21.7 Å². The second-order valence-corrected chi connectivity index (χ2v) is 5.83. The molecule has 1 atom stereocenters. The average molecular weight is 345 g/mol. The molecule has 4 nitrogen and oxygen atoms in total. The molecule has 0 aromatic carbocycles. The van der Waals surface area contributed by atoms with Gasteiger partial charge in [0.1, 0.15) is 6.10 Å². The second kappa shape index (κ2) is 7.93. The molecule has 1 N–H and O–H groups in total. The standard InChI is InChI=1S/C15H25BrN2O2/c1-5-10(6-2)15(20)13(19)9-12-14(16)11(7-3)17-18(12)8-4/h10,15,20H,5-9H2,1-4H3. The molecule has 0 amide bonds. The molecule has 0 spiro atoms. The number of aliphatic hydroxyl groups is 1. The van der Waals surface area contributed by atoms with Crippen LogP contribution in [0.25, 0.3) is 0 Å². The number of aryl methyl sites for hydroxylation is 2. The lowest BCUT2D eigenvalue weighted by molar-refractivity contribution is -0.129. The maximum atomic E-state index is 12.3. The molecule has 1 unspecified atom stereocenters. The number of aromatic nitrogens is 2. The first-order valence-electron chi connectivity index (χ1n) is 7.44. The number of ketones is 1. The van der Waals surface area contributed by atoms with E-state index < -0.39 is 6.10 Å². The molecule has 0 aliphatic rings. The second-order valence-electron chi connectivity index (χ2n) is 5.04. The van der Waals surface area contributed by atoms with E-state index in [9.17, 15) is 9.90 Å². The first-order valence-corrected chi connectivity index (χ1v) is 8.24. The van der Waals surface area contributed by atoms with Crippen LogP contribution in [0.5, 0.6) is 0 Å². The fourth-order valence-corrected chi connectivity index (χ4v) is 3.16. The molecule has 5 heteroatoms. The van der Waals surface area contributed by atoms with E-state index in [4.69, 9.17) is 0 Å². The van der Waals surface area contributed by atoms with Crippen molar-refractivity contribution in [3.05, 3.63) is 15.9 Å². The summed E-state index contributed by atoms with van der Waals surface area (Å²) in [5.41, 5.74) is 1.84. The SMILES string of the molecule is CCc1nn(CC)c(CC(=O)C(O)C(CC)CC)c1Br. The van der Waals surface area contributed by atoms with Gasteiger partial charge < -0.3 is 5.11 Å². The first-order chi connectivity index (χ1) is 9.49. The monoisotopic (exact) mass is 344 g/mol. The zero-order valence-corrected chi connectivity index (χ0v) is 14.4. The van der Waals surface area contributed by atoms with Crippen LogP contribution < -0.4 is 0 Å². The summed E-state index contributed by atoms with van der Waals surface area (Å²) in [6.45, 7) is 8.78. The van der Waals surface area contributed by atoms with Gasteiger partial charge in [-0.1, -0.05) is 33.6 Å². The van der Waals surface area contributed by atoms with Crippen LogP contribution in [0.3, 0.4) is 0 Å². The molecular weight excluding hydrogens is 320 g/mol. The van der Waals surface area contributed by atoms with Crippen molar-refractivity contribution in [2.75, 3.05) is 0 Å². The summed E-state index contributed by atoms with van der Waals surface area (Å²) in [4.78, 5) is 12.3. The molecule has 0 saturated carbocycles. The third kappa shape index (κ3) is 3.70. The highest BCUT2D eigenvalue weighted by Crippen LogP contribution is 2.24. The smallest absolute Gasteiger partial charge is 0.167 e. The predicted molar refractivity (Wildman–Crippen MR) is 83.8 cm³/mol. The number of carbonyl (C=O) groups is 1. The van der Waals surface area contributed by atoms with Crippen molar-refractivity contribution in [1.29, 1.82) is 0 Å². The summed E-state index contributed by atoms with van der Waals surface area (Å²) in [5.74, 6) is -0.0680. The Balaban J connectivity index is 2.92. The van der Waals surface area contributed by atoms with Gasteiger partial charge in [0.2, 0.25) is 0 Å². The summed E-state index contributed by atoms with van der Waals surface area (Å²) in [7, 11) is 0. The van der Waals surface area contributed by atoms with Crippen molar-refractivity contribution in [3.63, 3.8) is 0 Å². The highest BCUT2D eigenvalue weighted by Gasteiger charge is 2.26. The number of hydrogen-bond donors (Lipinski definition) is 1. The van der Waals surface area contributed by atoms with E-state index in [1.54, 1.807) is 0 Å². The Morgan fingerprint density at radius 1 is 1.30 bits per heavy atom. The minimum absolute atomic E-state index is 0.0462. The summed E-state index contributed by atoms with van der Waals surface area (Å²) >= 11 is 3.53. The fourth-order valence-electron chi connectivity index (χ4n) is 2.45. The Morgan fingerprint density at radius 3 is 2.35 bits per heavy atom. The van der Waals surface area contributed by atoms with Gasteiger partial charge in [0.25, 0.3) is 0 Å². The number of halogens is 1. The van der Waals surface area contributed by atoms with Gasteiger partial charge in [-0.2, -0.15) is 5.10 Å². The molecule has 0 aliphatic carbocycles. The molecule has 1 rings (SSSR count). The van der Waals surface area contributed by atoms with Crippen LogP contribution in [0.15, 0.2) is 4.47 Å². The van der Waals surface area contributed by atoms with Crippen LogP contribution in [0, 0.1) is 5.92 Å². The van der Waals surface area contributed by atoms with Crippen molar-refractivity contribution in [1.82, 2.24) is 9.78 Å². The lowest BCUT2D eigenvalue weighted by Crippen LogP contribution is -2.31. The molecule has 1 aromatic heterocycles. The number of rotatable bonds is 8. The predicted octanol–water partition coefficient (Wildman–Crippen LogP) is 3.14. The number of aliphatic hydroxyl groups excluding tert-OH is 1. The van der Waals surface area contributed by atoms with Crippen molar-refractivity contribution in [3.8, 4) is 0 Å². The quantitative estimate of drug-likeness (QED) is 0.788. The van der Waals surface area contributed by atoms with E-state index >= 15 is 0 Å². The highest BCUT2D eigenvalue weighted by atomic mass is 79.9. The number of Topliss-reactive ketones (excluding diaryl/α,β-unsaturated/α-hetero) is 1. The van der Waals surface area contributed by atoms with Gasteiger partial charge in [0.05, 0.1) is 22.3 Å². The molecule has 20 heavy (non-hydrogen) atoms. The van der Waals surface area contributed by atoms with Crippen LogP contribution >= 0.6 is 15.9 Å². The van der Waals surface area contributed by atoms with Crippen molar-refractivity contribution < 1.29 is 9.90 Å². The van der Waals surface area contributed by atoms with Gasteiger partial charge >= 0.3 is 0 Å². The zero-order chi connectivity index (χ0) is 15.3. The lowest BCUT2D eigenvalue weighted by atomic mass is 9.92. The van der Waals surface area contributed by atoms with Gasteiger partial charge in [0.15, 0.2) is 5.78 Å². The highest BCUT2D eigenvalue weighted by molar-refractivity contribution is 9.10. The minimum Gasteiger partial charge on any atom is -0.385 e. The van der Waals surface area contributed by atoms with Gasteiger partial charge in [-0.05, 0) is 35.2 Å². The Labute approximate surface area is 129 Å². The third-order valence-electron chi connectivity index (χ3n) is 3.86. The molecule has 0 radical (unpaired) electrons. The summed E-state index contributed by atoms with van der Waals surface area (Å²) in [6, 6.07) is 0. The zero-order valence-electron chi connectivity index (χ0n) is 12.8. The van der Waals surface area contributed by atoms with E-state index in [1.165, 1.54) is 0 Å². The van der Waals surface area contributed by atoms with Gasteiger partial charge in [-0.25, -0.2) is 0 Å². The Hall–Kier alpha value is -0.680. The van der Waals surface area contributed by atoms with Gasteiger partial charge in [0, 0.05) is 6.54 Å². The van der Waals surface area contributed by atoms with Crippen LogP contribution in [0.1, 0.15) is 51.9 Å². The fraction of sp³-hybridized carbons (Fsp3) is 0.733. The number of hydrogen-bond acceptors (Lipinski definition) is 3. The van der Waals surface area contributed by atoms with Crippen LogP contribution in [0.4, 0.5) is 0 Å². The van der Waals surface area contributed by atoms with E-state index in [-0.39, 0.29) is 18.1 Å². The van der Waals surface area contributed by atoms with E-state index in [1.807, 2.05) is 32.4 Å². The molecule has 0 bridgehead atoms. The van der Waals surface area contributed by atoms with Gasteiger partial charge in [-0.3, -0.25) is 9.48 Å². The van der Waals surface area contributed by atoms with Crippen LogP contribution in [0.2, 0.25) is 0 Å². The van der Waals surface area contributed by atoms with E-state index in [2.05, 4.69) is 21.0 Å². The van der Waals surface area contributed by atoms with Crippen LogP contribution in [-0.2, 0) is 24.2 Å². The molecular formula is C15H25BrN2O2. The maximum Gasteiger partial charge on any atom is 0.167 e. The summed E-state index contributed by atoms with van der Waals surface area (Å²) in [5, 5.41) is 14.6. The molecule has 0 fully saturated rings. The molecule has 1 aromatic rings. The van der Waals surface area contributed by atoms with Crippen molar-refractivity contribution in [2.45, 2.75) is 66.0 Å². The number of carbonyl (C=O) groups excluding carboxylic acids is 1. The summed E-state index contributed by atoms with van der Waals surface area (Å²) < 4.78 is 2.76. The average Bonchev–Trinajstić information content (AvgIpc) is 2.76. The van der Waals surface area contributed by atoms with E-state index in [0.717, 1.165) is 41.7 Å². The number of nitrogens with zero attached hydrogens (tertiary/aromatic N) is 2. The molecule has 0 aliphatic heterocycles. The largest absolute Gasteiger partial charge is 0.385 e. The lowest BCUT2D eigenvalue weighted by Gasteiger charge is -2.19. The Morgan fingerprint density at radius 2 is 1.90 bits per heavy atom. The Bertz CT molecular complexity index is 453. The van der Waals surface area contributed by atoms with Crippen LogP contribution in [-0.4, -0.2) is 26.8 Å². The molecule has 1 heterocycles. The first kappa shape index (κ1) is 17.4. The maximum absolute atomic E-state index is 12.3. The third-order valence-corrected chi connectivity index (χ3v) is 4.78. The normalized spacial score (nSPS) is 12.9. The Kier molecular flexibility index (Phi) is 6.89. The molecule has 114 valence electrons. The van der Waals surface area contributed by atoms with Gasteiger partial charge in [-0.15, -0.1) is 0 Å². The molecule has 0 saturated heterocycles. The minimum atomic E-state index is -0.873. The summed E-state index contributed by atoms with van der Waals surface area (Å²) in [6.07, 6.45) is 1.82.